The Balaban J connectivity index is 2.16. The van der Waals surface area contributed by atoms with Crippen LogP contribution < -0.4 is 5.14 Å². The van der Waals surface area contributed by atoms with E-state index in [0.717, 1.165) is 0 Å². The SMILES string of the molecule is COC1=CCC=C(c2oc(C(F)(F)F)nc2-c2ccc(S(N)(=O)=O)cc2)C(P)=C1. The highest BCUT2D eigenvalue weighted by molar-refractivity contribution is 7.89. The number of sulfonamides is 1. The summed E-state index contributed by atoms with van der Waals surface area (Å²) >= 11 is 0. The zero-order valence-electron chi connectivity index (χ0n) is 15.0. The summed E-state index contributed by atoms with van der Waals surface area (Å²) < 4.78 is 72.9. The zero-order chi connectivity index (χ0) is 21.4. The maximum Gasteiger partial charge on any atom is 0.468 e. The molecule has 1 aliphatic rings. The number of hydrogen-bond donors (Lipinski definition) is 1. The number of halogens is 3. The lowest BCUT2D eigenvalue weighted by Crippen LogP contribution is -2.11. The van der Waals surface area contributed by atoms with E-state index < -0.39 is 22.1 Å². The molecule has 0 radical (unpaired) electrons. The van der Waals surface area contributed by atoms with Crippen molar-refractivity contribution in [3.63, 3.8) is 0 Å². The molecule has 1 aromatic carbocycles. The lowest BCUT2D eigenvalue weighted by molar-refractivity contribution is -0.157. The standard InChI is InChI=1S/C18H16F3N2O4PS/c1-26-11-3-2-4-13(14(28)9-11)16-15(23-17(27-16)18(19,20)21)10-5-7-12(8-6-10)29(22,24)25/h3-9H,2,28H2,1H3,(H2,22,24,25). The minimum atomic E-state index is -4.79. The number of nitrogens with zero attached hydrogens (tertiary/aromatic N) is 1. The average molecular weight is 444 g/mol. The molecule has 29 heavy (non-hydrogen) atoms. The van der Waals surface area contributed by atoms with Crippen LogP contribution in [0.15, 0.2) is 62.9 Å². The molecule has 1 heterocycles. The number of ether oxygens (including phenoxy) is 1. The summed E-state index contributed by atoms with van der Waals surface area (Å²) in [6, 6.07) is 5.03. The number of nitrogens with two attached hydrogens (primary N) is 1. The fraction of sp³-hybridized carbons (Fsp3) is 0.167. The Morgan fingerprint density at radius 1 is 1.21 bits per heavy atom. The van der Waals surface area contributed by atoms with Crippen LogP contribution in [0.25, 0.3) is 16.8 Å². The van der Waals surface area contributed by atoms with Crippen molar-refractivity contribution in [1.29, 1.82) is 0 Å². The molecule has 154 valence electrons. The third-order valence-electron chi connectivity index (χ3n) is 4.06. The van der Waals surface area contributed by atoms with Gasteiger partial charge in [0.1, 0.15) is 11.5 Å². The van der Waals surface area contributed by atoms with Crippen molar-refractivity contribution in [1.82, 2.24) is 4.98 Å². The summed E-state index contributed by atoms with van der Waals surface area (Å²) in [5.41, 5.74) is 0.570. The molecule has 11 heteroatoms. The van der Waals surface area contributed by atoms with Crippen LogP contribution in [0.4, 0.5) is 13.2 Å². The molecule has 1 atom stereocenters. The Labute approximate surface area is 167 Å². The fourth-order valence-corrected chi connectivity index (χ4v) is 3.62. The third-order valence-corrected chi connectivity index (χ3v) is 5.46. The summed E-state index contributed by atoms with van der Waals surface area (Å²) in [4.78, 5) is 3.46. The van der Waals surface area contributed by atoms with E-state index in [1.54, 1.807) is 18.2 Å². The minimum Gasteiger partial charge on any atom is -0.497 e. The molecule has 0 saturated heterocycles. The Bertz CT molecular complexity index is 1130. The molecule has 0 amide bonds. The van der Waals surface area contributed by atoms with Crippen molar-refractivity contribution in [2.24, 2.45) is 5.14 Å². The third kappa shape index (κ3) is 4.60. The van der Waals surface area contributed by atoms with Crippen LogP contribution in [-0.2, 0) is 20.9 Å². The van der Waals surface area contributed by atoms with Gasteiger partial charge in [-0.3, -0.25) is 0 Å². The number of hydrogen-bond acceptors (Lipinski definition) is 5. The summed E-state index contributed by atoms with van der Waals surface area (Å²) in [6.45, 7) is 0. The van der Waals surface area contributed by atoms with Gasteiger partial charge < -0.3 is 9.15 Å². The average Bonchev–Trinajstić information content (AvgIpc) is 3.00. The van der Waals surface area contributed by atoms with Crippen LogP contribution in [0, 0.1) is 0 Å². The van der Waals surface area contributed by atoms with E-state index in [-0.39, 0.29) is 21.9 Å². The van der Waals surface area contributed by atoms with E-state index in [1.807, 2.05) is 0 Å². The van der Waals surface area contributed by atoms with Crippen molar-refractivity contribution in [2.75, 3.05) is 7.11 Å². The molecule has 1 aliphatic carbocycles. The van der Waals surface area contributed by atoms with Crippen molar-refractivity contribution >= 4 is 24.8 Å². The minimum absolute atomic E-state index is 0.0706. The molecule has 1 aromatic heterocycles. The highest BCUT2D eigenvalue weighted by atomic mass is 32.2. The van der Waals surface area contributed by atoms with E-state index in [0.29, 0.717) is 23.1 Å². The predicted molar refractivity (Wildman–Crippen MR) is 104 cm³/mol. The Morgan fingerprint density at radius 2 is 1.86 bits per heavy atom. The van der Waals surface area contributed by atoms with Crippen molar-refractivity contribution < 1.29 is 30.7 Å². The maximum atomic E-state index is 13.3. The molecule has 0 spiro atoms. The summed E-state index contributed by atoms with van der Waals surface area (Å²) in [5.74, 6) is -0.940. The number of alkyl halides is 3. The molecular formula is C18H16F3N2O4PS. The van der Waals surface area contributed by atoms with Crippen LogP contribution in [0.5, 0.6) is 0 Å². The maximum absolute atomic E-state index is 13.3. The molecule has 6 nitrogen and oxygen atoms in total. The Hall–Kier alpha value is -2.42. The summed E-state index contributed by atoms with van der Waals surface area (Å²) in [5, 5.41) is 5.61. The molecule has 3 rings (SSSR count). The van der Waals surface area contributed by atoms with E-state index in [2.05, 4.69) is 14.2 Å². The van der Waals surface area contributed by atoms with Crippen molar-refractivity contribution in [3.8, 4) is 11.3 Å². The smallest absolute Gasteiger partial charge is 0.468 e. The highest BCUT2D eigenvalue weighted by Crippen LogP contribution is 2.41. The van der Waals surface area contributed by atoms with E-state index in [1.165, 1.54) is 31.4 Å². The van der Waals surface area contributed by atoms with Gasteiger partial charge in [-0.05, 0) is 36.0 Å². The monoisotopic (exact) mass is 444 g/mol. The van der Waals surface area contributed by atoms with Crippen LogP contribution in [0.2, 0.25) is 0 Å². The molecule has 0 bridgehead atoms. The van der Waals surface area contributed by atoms with Crippen molar-refractivity contribution in [2.45, 2.75) is 17.5 Å². The Kier molecular flexibility index (Phi) is 5.71. The molecule has 2 N–H and O–H groups in total. The first-order valence-electron chi connectivity index (χ1n) is 8.14. The van der Waals surface area contributed by atoms with Gasteiger partial charge in [0, 0.05) is 11.1 Å². The molecule has 2 aromatic rings. The number of rotatable bonds is 4. The van der Waals surface area contributed by atoms with Crippen LogP contribution >= 0.6 is 9.24 Å². The number of allylic oxidation sites excluding steroid dienone is 5. The highest BCUT2D eigenvalue weighted by Gasteiger charge is 2.39. The van der Waals surface area contributed by atoms with Crippen molar-refractivity contribution in [3.05, 3.63) is 65.2 Å². The predicted octanol–water partition coefficient (Wildman–Crippen LogP) is 4.08. The summed E-state index contributed by atoms with van der Waals surface area (Å²) in [6.07, 6.45) is 0.706. The first-order chi connectivity index (χ1) is 13.5. The number of methoxy groups -OCH3 is 1. The van der Waals surface area contributed by atoms with Gasteiger partial charge in [-0.15, -0.1) is 9.24 Å². The normalized spacial score (nSPS) is 15.3. The Morgan fingerprint density at radius 3 is 2.41 bits per heavy atom. The lowest BCUT2D eigenvalue weighted by Gasteiger charge is -2.07. The van der Waals surface area contributed by atoms with Gasteiger partial charge in [0.25, 0.3) is 0 Å². The molecule has 1 unspecified atom stereocenters. The molecule has 0 aliphatic heterocycles. The largest absolute Gasteiger partial charge is 0.497 e. The fourth-order valence-electron chi connectivity index (χ4n) is 2.69. The van der Waals surface area contributed by atoms with E-state index >= 15 is 0 Å². The molecule has 0 fully saturated rings. The second-order valence-corrected chi connectivity index (χ2v) is 8.21. The molecule has 0 saturated carbocycles. The van der Waals surface area contributed by atoms with Gasteiger partial charge >= 0.3 is 12.1 Å². The van der Waals surface area contributed by atoms with Crippen LogP contribution in [0.1, 0.15) is 18.1 Å². The quantitative estimate of drug-likeness (QED) is 0.717. The van der Waals surface area contributed by atoms with E-state index in [4.69, 9.17) is 14.3 Å². The zero-order valence-corrected chi connectivity index (χ0v) is 17.0. The topological polar surface area (TPSA) is 95.4 Å². The van der Waals surface area contributed by atoms with Gasteiger partial charge in [0.2, 0.25) is 10.0 Å². The number of oxazole rings is 1. The second-order valence-electron chi connectivity index (χ2n) is 6.03. The van der Waals surface area contributed by atoms with Gasteiger partial charge in [-0.1, -0.05) is 18.2 Å². The first kappa shape index (κ1) is 21.3. The summed E-state index contributed by atoms with van der Waals surface area (Å²) in [7, 11) is -0.0204. The van der Waals surface area contributed by atoms with Gasteiger partial charge in [0.15, 0.2) is 5.76 Å². The van der Waals surface area contributed by atoms with Gasteiger partial charge in [-0.2, -0.15) is 13.2 Å². The van der Waals surface area contributed by atoms with E-state index in [9.17, 15) is 21.6 Å². The van der Waals surface area contributed by atoms with Crippen LogP contribution in [0.3, 0.4) is 0 Å². The number of benzene rings is 1. The second kappa shape index (κ2) is 7.78. The number of aromatic nitrogens is 1. The molecular weight excluding hydrogens is 428 g/mol. The first-order valence-corrected chi connectivity index (χ1v) is 10.3. The lowest BCUT2D eigenvalue weighted by atomic mass is 10.0. The van der Waals surface area contributed by atoms with Gasteiger partial charge in [0.05, 0.1) is 12.0 Å². The van der Waals surface area contributed by atoms with Crippen LogP contribution in [-0.4, -0.2) is 20.5 Å². The van der Waals surface area contributed by atoms with Gasteiger partial charge in [-0.25, -0.2) is 18.5 Å². The number of primary sulfonamides is 1.